The van der Waals surface area contributed by atoms with Gasteiger partial charge in [0.15, 0.2) is 12.1 Å². The van der Waals surface area contributed by atoms with Gasteiger partial charge in [-0.1, -0.05) is 12.2 Å². The maximum atomic E-state index is 12.4. The molecule has 1 aromatic rings. The molecule has 146 valence electrons. The number of unbranched alkanes of at least 4 members (excludes halogenated alkanes) is 2. The molecular weight excluding hydrogens is 346 g/mol. The molecule has 2 rings (SSSR count). The van der Waals surface area contributed by atoms with Crippen LogP contribution in [0.2, 0.25) is 0 Å². The number of ether oxygens (including phenoxy) is 3. The summed E-state index contributed by atoms with van der Waals surface area (Å²) in [7, 11) is 1.58. The highest BCUT2D eigenvalue weighted by atomic mass is 16.5. The molecule has 1 fully saturated rings. The van der Waals surface area contributed by atoms with Crippen LogP contribution in [0.15, 0.2) is 49.6 Å². The summed E-state index contributed by atoms with van der Waals surface area (Å²) in [6, 6.07) is 5.87. The van der Waals surface area contributed by atoms with Gasteiger partial charge in [-0.2, -0.15) is 0 Å². The summed E-state index contributed by atoms with van der Waals surface area (Å²) in [5, 5.41) is 0. The van der Waals surface area contributed by atoms with Crippen LogP contribution in [0.5, 0.6) is 5.75 Å². The van der Waals surface area contributed by atoms with Crippen molar-refractivity contribution in [1.29, 1.82) is 0 Å². The van der Waals surface area contributed by atoms with Gasteiger partial charge >= 0.3 is 11.9 Å². The summed E-state index contributed by atoms with van der Waals surface area (Å²) in [6.45, 7) is 7.89. The molecule has 0 spiro atoms. The van der Waals surface area contributed by atoms with Crippen molar-refractivity contribution in [3.63, 3.8) is 0 Å². The summed E-state index contributed by atoms with van der Waals surface area (Å²) < 4.78 is 15.8. The van der Waals surface area contributed by atoms with Gasteiger partial charge in [0, 0.05) is 5.69 Å². The zero-order valence-corrected chi connectivity index (χ0v) is 15.8. The first-order valence-electron chi connectivity index (χ1n) is 9.11. The third-order valence-corrected chi connectivity index (χ3v) is 4.26. The number of benzene rings is 1. The van der Waals surface area contributed by atoms with Crippen LogP contribution >= 0.6 is 0 Å². The number of hydrogen-bond acceptors (Lipinski definition) is 6. The van der Waals surface area contributed by atoms with E-state index < -0.39 is 24.0 Å². The van der Waals surface area contributed by atoms with Crippen LogP contribution in [0.1, 0.15) is 25.7 Å². The molecule has 0 unspecified atom stereocenters. The lowest BCUT2D eigenvalue weighted by molar-refractivity contribution is -0.147. The zero-order valence-electron chi connectivity index (χ0n) is 15.8. The van der Waals surface area contributed by atoms with Crippen molar-refractivity contribution in [3.05, 3.63) is 49.6 Å². The van der Waals surface area contributed by atoms with Gasteiger partial charge in [0.1, 0.15) is 5.75 Å². The first-order valence-corrected chi connectivity index (χ1v) is 9.11. The van der Waals surface area contributed by atoms with Crippen molar-refractivity contribution in [1.82, 2.24) is 0 Å². The maximum absolute atomic E-state index is 12.4. The Balaban J connectivity index is 2.02. The SMILES string of the molecule is C=CCCCOC(=O)[C@@H]1[C@H](C(=O)OCCCC=C)N1c1ccc(OC)cc1. The largest absolute Gasteiger partial charge is 0.497 e. The normalized spacial score (nSPS) is 17.7. The molecule has 0 aromatic heterocycles. The number of nitrogens with zero attached hydrogens (tertiary/aromatic N) is 1. The summed E-state index contributed by atoms with van der Waals surface area (Å²) in [4.78, 5) is 26.6. The molecule has 1 saturated heterocycles. The number of allylic oxidation sites excluding steroid dienone is 2. The Morgan fingerprint density at radius 2 is 1.44 bits per heavy atom. The van der Waals surface area contributed by atoms with E-state index in [1.165, 1.54) is 0 Å². The van der Waals surface area contributed by atoms with Crippen LogP contribution in [0.4, 0.5) is 5.69 Å². The minimum atomic E-state index is -0.658. The molecule has 0 amide bonds. The molecular formula is C21H27NO5. The summed E-state index contributed by atoms with van der Waals surface area (Å²) in [6.07, 6.45) is 6.52. The van der Waals surface area contributed by atoms with Gasteiger partial charge < -0.3 is 19.1 Å². The molecule has 0 radical (unpaired) electrons. The van der Waals surface area contributed by atoms with Crippen molar-refractivity contribution in [2.45, 2.75) is 37.8 Å². The monoisotopic (exact) mass is 373 g/mol. The molecule has 1 aliphatic heterocycles. The Hall–Kier alpha value is -2.76. The number of methoxy groups -OCH3 is 1. The van der Waals surface area contributed by atoms with Crippen LogP contribution < -0.4 is 9.64 Å². The molecule has 0 saturated carbocycles. The fourth-order valence-electron chi connectivity index (χ4n) is 2.76. The predicted molar refractivity (Wildman–Crippen MR) is 104 cm³/mol. The van der Waals surface area contributed by atoms with Crippen LogP contribution in [0.25, 0.3) is 0 Å². The average Bonchev–Trinajstić information content (AvgIpc) is 3.44. The smallest absolute Gasteiger partial charge is 0.331 e. The molecule has 1 aliphatic rings. The molecule has 2 atom stereocenters. The topological polar surface area (TPSA) is 64.8 Å². The van der Waals surface area contributed by atoms with Crippen LogP contribution in [-0.2, 0) is 19.1 Å². The Bertz CT molecular complexity index is 621. The second-order valence-corrected chi connectivity index (χ2v) is 6.19. The second kappa shape index (κ2) is 10.4. The van der Waals surface area contributed by atoms with E-state index in [9.17, 15) is 9.59 Å². The van der Waals surface area contributed by atoms with E-state index in [1.807, 2.05) is 12.1 Å². The number of carbonyl (C=O) groups excluding carboxylic acids is 2. The van der Waals surface area contributed by atoms with Gasteiger partial charge in [-0.3, -0.25) is 0 Å². The fourth-order valence-corrected chi connectivity index (χ4v) is 2.76. The van der Waals surface area contributed by atoms with Crippen molar-refractivity contribution >= 4 is 17.6 Å². The number of rotatable bonds is 12. The van der Waals surface area contributed by atoms with Gasteiger partial charge in [-0.05, 0) is 49.9 Å². The van der Waals surface area contributed by atoms with Crippen LogP contribution in [0.3, 0.4) is 0 Å². The lowest BCUT2D eigenvalue weighted by atomic mass is 10.3. The summed E-state index contributed by atoms with van der Waals surface area (Å²) >= 11 is 0. The number of anilines is 1. The standard InChI is InChI=1S/C21H27NO5/c1-4-6-8-14-26-20(23)18-19(21(24)27-15-9-7-5-2)22(18)16-10-12-17(25-3)13-11-16/h4-5,10-13,18-19H,1-2,6-9,14-15H2,3H3/t18-,19+,22?. The van der Waals surface area contributed by atoms with Crippen LogP contribution in [-0.4, -0.2) is 44.3 Å². The number of hydrogen-bond donors (Lipinski definition) is 0. The van der Waals surface area contributed by atoms with E-state index in [0.717, 1.165) is 18.5 Å². The lowest BCUT2D eigenvalue weighted by Crippen LogP contribution is -2.21. The zero-order chi connectivity index (χ0) is 19.6. The lowest BCUT2D eigenvalue weighted by Gasteiger charge is -2.08. The van der Waals surface area contributed by atoms with E-state index in [0.29, 0.717) is 31.8 Å². The van der Waals surface area contributed by atoms with Gasteiger partial charge in [0.05, 0.1) is 20.3 Å². The third-order valence-electron chi connectivity index (χ3n) is 4.26. The first-order chi connectivity index (χ1) is 13.1. The molecule has 0 N–H and O–H groups in total. The van der Waals surface area contributed by atoms with Gasteiger partial charge in [-0.15, -0.1) is 13.2 Å². The highest BCUT2D eigenvalue weighted by Crippen LogP contribution is 2.37. The highest BCUT2D eigenvalue weighted by molar-refractivity contribution is 6.01. The second-order valence-electron chi connectivity index (χ2n) is 6.19. The van der Waals surface area contributed by atoms with E-state index in [4.69, 9.17) is 14.2 Å². The van der Waals surface area contributed by atoms with E-state index >= 15 is 0 Å². The van der Waals surface area contributed by atoms with Gasteiger partial charge in [0.25, 0.3) is 0 Å². The highest BCUT2D eigenvalue weighted by Gasteiger charge is 2.59. The molecule has 0 aliphatic carbocycles. The van der Waals surface area contributed by atoms with E-state index in [1.54, 1.807) is 36.3 Å². The van der Waals surface area contributed by atoms with Crippen molar-refractivity contribution in [2.75, 3.05) is 25.2 Å². The summed E-state index contributed by atoms with van der Waals surface area (Å²) in [5.41, 5.74) is 0.747. The molecule has 0 bridgehead atoms. The number of esters is 2. The fraction of sp³-hybridized carbons (Fsp3) is 0.429. The maximum Gasteiger partial charge on any atom is 0.331 e. The predicted octanol–water partition coefficient (Wildman–Crippen LogP) is 3.27. The van der Waals surface area contributed by atoms with Crippen molar-refractivity contribution < 1.29 is 23.8 Å². The van der Waals surface area contributed by atoms with Gasteiger partial charge in [0.2, 0.25) is 0 Å². The minimum absolute atomic E-state index is 0.304. The molecule has 27 heavy (non-hydrogen) atoms. The summed E-state index contributed by atoms with van der Waals surface area (Å²) in [5.74, 6) is -0.126. The number of carbonyl (C=O) groups is 2. The Morgan fingerprint density at radius 1 is 0.963 bits per heavy atom. The van der Waals surface area contributed by atoms with Crippen molar-refractivity contribution in [3.8, 4) is 5.75 Å². The average molecular weight is 373 g/mol. The van der Waals surface area contributed by atoms with E-state index in [2.05, 4.69) is 13.2 Å². The molecule has 6 heteroatoms. The van der Waals surface area contributed by atoms with Crippen LogP contribution in [0, 0.1) is 0 Å². The first kappa shape index (κ1) is 20.6. The molecule has 1 aromatic carbocycles. The Kier molecular flexibility index (Phi) is 7.92. The van der Waals surface area contributed by atoms with Gasteiger partial charge in [-0.25, -0.2) is 9.59 Å². The Labute approximate surface area is 160 Å². The molecule has 1 heterocycles. The molecule has 6 nitrogen and oxygen atoms in total. The quantitative estimate of drug-likeness (QED) is 0.242. The Morgan fingerprint density at radius 3 is 1.85 bits per heavy atom. The minimum Gasteiger partial charge on any atom is -0.497 e. The van der Waals surface area contributed by atoms with E-state index in [-0.39, 0.29) is 0 Å². The third kappa shape index (κ3) is 5.61. The van der Waals surface area contributed by atoms with Crippen molar-refractivity contribution in [2.24, 2.45) is 0 Å².